The maximum Gasteiger partial charge on any atom is 0.151 e. The fourth-order valence-electron chi connectivity index (χ4n) is 2.17. The third-order valence-electron chi connectivity index (χ3n) is 3.27. The zero-order valence-corrected chi connectivity index (χ0v) is 11.6. The number of para-hydroxylation sites is 1. The van der Waals surface area contributed by atoms with Gasteiger partial charge >= 0.3 is 0 Å². The van der Waals surface area contributed by atoms with Gasteiger partial charge in [-0.3, -0.25) is 0 Å². The zero-order chi connectivity index (χ0) is 13.7. The molecule has 6 heteroatoms. The predicted octanol–water partition coefficient (Wildman–Crippen LogP) is 1.36. The van der Waals surface area contributed by atoms with E-state index in [0.717, 1.165) is 13.1 Å². The number of benzene rings is 1. The Morgan fingerprint density at radius 2 is 2.00 bits per heavy atom. The minimum absolute atomic E-state index is 0.229. The lowest BCUT2D eigenvalue weighted by Crippen LogP contribution is -2.31. The molecule has 0 aromatic heterocycles. The van der Waals surface area contributed by atoms with Crippen molar-refractivity contribution in [3.05, 3.63) is 30.1 Å². The molecule has 0 spiro atoms. The van der Waals surface area contributed by atoms with Crippen molar-refractivity contribution in [1.29, 1.82) is 0 Å². The van der Waals surface area contributed by atoms with Crippen LogP contribution in [0.1, 0.15) is 6.42 Å². The number of anilines is 1. The van der Waals surface area contributed by atoms with Gasteiger partial charge in [0.1, 0.15) is 5.82 Å². The summed E-state index contributed by atoms with van der Waals surface area (Å²) in [6.07, 6.45) is 0.683. The van der Waals surface area contributed by atoms with Gasteiger partial charge in [0.25, 0.3) is 0 Å². The van der Waals surface area contributed by atoms with Gasteiger partial charge in [-0.15, -0.1) is 0 Å². The molecule has 0 bridgehead atoms. The Bertz CT molecular complexity index is 519. The first-order valence-electron chi connectivity index (χ1n) is 6.48. The summed E-state index contributed by atoms with van der Waals surface area (Å²) in [7, 11) is -2.86. The highest BCUT2D eigenvalue weighted by Crippen LogP contribution is 2.12. The molecular weight excluding hydrogens is 267 g/mol. The van der Waals surface area contributed by atoms with Crippen LogP contribution in [0.3, 0.4) is 0 Å². The highest BCUT2D eigenvalue weighted by Gasteiger charge is 2.18. The van der Waals surface area contributed by atoms with E-state index in [0.29, 0.717) is 25.2 Å². The van der Waals surface area contributed by atoms with E-state index in [1.807, 2.05) is 0 Å². The molecular formula is C13H19FN2O2S. The van der Waals surface area contributed by atoms with Gasteiger partial charge in [-0.25, -0.2) is 12.8 Å². The van der Waals surface area contributed by atoms with Crippen molar-refractivity contribution in [2.75, 3.05) is 43.0 Å². The number of halogens is 1. The molecule has 1 aromatic carbocycles. The lowest BCUT2D eigenvalue weighted by atomic mass is 10.3. The SMILES string of the molecule is O=S1(=O)CCCN(CCNc2ccccc2F)CC1. The Hall–Kier alpha value is -1.14. The van der Waals surface area contributed by atoms with Crippen LogP contribution < -0.4 is 5.32 Å². The second-order valence-electron chi connectivity index (χ2n) is 4.75. The molecule has 1 aliphatic rings. The highest BCUT2D eigenvalue weighted by molar-refractivity contribution is 7.91. The first-order valence-corrected chi connectivity index (χ1v) is 8.30. The van der Waals surface area contributed by atoms with E-state index in [4.69, 9.17) is 0 Å². The molecule has 1 saturated heterocycles. The summed E-state index contributed by atoms with van der Waals surface area (Å²) in [5.41, 5.74) is 0.491. The van der Waals surface area contributed by atoms with E-state index in [1.165, 1.54) is 6.07 Å². The van der Waals surface area contributed by atoms with Gasteiger partial charge in [0.15, 0.2) is 9.84 Å². The van der Waals surface area contributed by atoms with Crippen LogP contribution in [-0.2, 0) is 9.84 Å². The number of rotatable bonds is 4. The Labute approximate surface area is 113 Å². The molecule has 0 radical (unpaired) electrons. The first kappa shape index (κ1) is 14.3. The fraction of sp³-hybridized carbons (Fsp3) is 0.538. The Morgan fingerprint density at radius 3 is 2.79 bits per heavy atom. The van der Waals surface area contributed by atoms with Gasteiger partial charge < -0.3 is 10.2 Å². The van der Waals surface area contributed by atoms with Gasteiger partial charge in [-0.2, -0.15) is 0 Å². The van der Waals surface area contributed by atoms with Crippen molar-refractivity contribution in [1.82, 2.24) is 4.90 Å². The largest absolute Gasteiger partial charge is 0.381 e. The van der Waals surface area contributed by atoms with Gasteiger partial charge in [0.2, 0.25) is 0 Å². The van der Waals surface area contributed by atoms with Crippen LogP contribution >= 0.6 is 0 Å². The van der Waals surface area contributed by atoms with Crippen molar-refractivity contribution in [3.8, 4) is 0 Å². The minimum Gasteiger partial charge on any atom is -0.381 e. The van der Waals surface area contributed by atoms with Crippen LogP contribution in [0.2, 0.25) is 0 Å². The average molecular weight is 286 g/mol. The molecule has 1 fully saturated rings. The third kappa shape index (κ3) is 4.47. The van der Waals surface area contributed by atoms with Gasteiger partial charge in [-0.05, 0) is 25.1 Å². The molecule has 1 N–H and O–H groups in total. The second kappa shape index (κ2) is 6.34. The molecule has 1 aliphatic heterocycles. The van der Waals surface area contributed by atoms with Crippen LogP contribution in [0.15, 0.2) is 24.3 Å². The maximum atomic E-state index is 13.4. The van der Waals surface area contributed by atoms with Crippen molar-refractivity contribution < 1.29 is 12.8 Å². The molecule has 0 saturated carbocycles. The normalized spacial score (nSPS) is 19.8. The molecule has 1 aromatic rings. The summed E-state index contributed by atoms with van der Waals surface area (Å²) in [5.74, 6) is 0.248. The van der Waals surface area contributed by atoms with Crippen LogP contribution in [-0.4, -0.2) is 51.0 Å². The quantitative estimate of drug-likeness (QED) is 0.908. The zero-order valence-electron chi connectivity index (χ0n) is 10.8. The number of hydrogen-bond acceptors (Lipinski definition) is 4. The van der Waals surface area contributed by atoms with E-state index in [9.17, 15) is 12.8 Å². The van der Waals surface area contributed by atoms with Crippen LogP contribution in [0.5, 0.6) is 0 Å². The first-order chi connectivity index (χ1) is 9.07. The maximum absolute atomic E-state index is 13.4. The van der Waals surface area contributed by atoms with E-state index in [1.54, 1.807) is 18.2 Å². The van der Waals surface area contributed by atoms with Crippen molar-refractivity contribution in [2.45, 2.75) is 6.42 Å². The summed E-state index contributed by atoms with van der Waals surface area (Å²) < 4.78 is 36.3. The summed E-state index contributed by atoms with van der Waals surface area (Å²) in [4.78, 5) is 2.11. The molecule has 4 nitrogen and oxygen atoms in total. The Balaban J connectivity index is 1.78. The lowest BCUT2D eigenvalue weighted by Gasteiger charge is -2.19. The van der Waals surface area contributed by atoms with Crippen molar-refractivity contribution in [3.63, 3.8) is 0 Å². The number of sulfone groups is 1. The van der Waals surface area contributed by atoms with Crippen molar-refractivity contribution in [2.24, 2.45) is 0 Å². The smallest absolute Gasteiger partial charge is 0.151 e. The molecule has 1 heterocycles. The summed E-state index contributed by atoms with van der Waals surface area (Å²) in [6, 6.07) is 6.55. The highest BCUT2D eigenvalue weighted by atomic mass is 32.2. The van der Waals surface area contributed by atoms with E-state index in [-0.39, 0.29) is 17.3 Å². The number of nitrogens with one attached hydrogen (secondary N) is 1. The van der Waals surface area contributed by atoms with E-state index >= 15 is 0 Å². The van der Waals surface area contributed by atoms with Crippen LogP contribution in [0.4, 0.5) is 10.1 Å². The molecule has 0 amide bonds. The Kier molecular flexibility index (Phi) is 4.76. The van der Waals surface area contributed by atoms with Crippen LogP contribution in [0, 0.1) is 5.82 Å². The topological polar surface area (TPSA) is 49.4 Å². The van der Waals surface area contributed by atoms with Gasteiger partial charge in [0.05, 0.1) is 17.2 Å². The van der Waals surface area contributed by atoms with Crippen LogP contribution in [0.25, 0.3) is 0 Å². The number of nitrogens with zero attached hydrogens (tertiary/aromatic N) is 1. The van der Waals surface area contributed by atoms with Gasteiger partial charge in [-0.1, -0.05) is 12.1 Å². The predicted molar refractivity (Wildman–Crippen MR) is 74.6 cm³/mol. The summed E-state index contributed by atoms with van der Waals surface area (Å²) in [6.45, 7) is 2.70. The minimum atomic E-state index is -2.86. The molecule has 0 aliphatic carbocycles. The lowest BCUT2D eigenvalue weighted by molar-refractivity contribution is 0.307. The molecule has 106 valence electrons. The molecule has 0 atom stereocenters. The van der Waals surface area contributed by atoms with Crippen molar-refractivity contribution >= 4 is 15.5 Å². The summed E-state index contributed by atoms with van der Waals surface area (Å²) in [5, 5.41) is 3.04. The monoisotopic (exact) mass is 286 g/mol. The van der Waals surface area contributed by atoms with Gasteiger partial charge in [0, 0.05) is 19.6 Å². The number of hydrogen-bond donors (Lipinski definition) is 1. The van der Waals surface area contributed by atoms with E-state index < -0.39 is 9.84 Å². The van der Waals surface area contributed by atoms with E-state index in [2.05, 4.69) is 10.2 Å². The third-order valence-corrected chi connectivity index (χ3v) is 4.98. The average Bonchev–Trinajstić information content (AvgIpc) is 2.53. The summed E-state index contributed by atoms with van der Waals surface area (Å²) >= 11 is 0. The fourth-order valence-corrected chi connectivity index (χ4v) is 3.48. The molecule has 0 unspecified atom stereocenters. The molecule has 2 rings (SSSR count). The second-order valence-corrected chi connectivity index (χ2v) is 7.06. The standard InChI is InChI=1S/C13H19FN2O2S/c14-12-4-1-2-5-13(12)15-6-8-16-7-3-10-19(17,18)11-9-16/h1-2,4-5,15H,3,6-11H2. The Morgan fingerprint density at radius 1 is 1.21 bits per heavy atom. The molecule has 19 heavy (non-hydrogen) atoms.